The van der Waals surface area contributed by atoms with E-state index in [0.717, 1.165) is 32.1 Å². The third-order valence-electron chi connectivity index (χ3n) is 3.57. The lowest BCUT2D eigenvalue weighted by molar-refractivity contribution is 0.128. The number of carbonyl (C=O) groups excluding carboxylic acids is 1. The summed E-state index contributed by atoms with van der Waals surface area (Å²) in [4.78, 5) is 11.9. The lowest BCUT2D eigenvalue weighted by Gasteiger charge is -2.36. The van der Waals surface area contributed by atoms with E-state index in [4.69, 9.17) is 0 Å². The maximum Gasteiger partial charge on any atom is 0.319 e. The Bertz CT molecular complexity index is 445. The van der Waals surface area contributed by atoms with Crippen LogP contribution in [0.3, 0.4) is 0 Å². The minimum Gasteiger partial charge on any atom is -0.394 e. The Kier molecular flexibility index (Phi) is 4.37. The smallest absolute Gasteiger partial charge is 0.319 e. The van der Waals surface area contributed by atoms with Gasteiger partial charge in [0.25, 0.3) is 0 Å². The molecule has 1 saturated carbocycles. The number of aliphatic hydroxyl groups is 1. The lowest BCUT2D eigenvalue weighted by atomic mass is 9.82. The summed E-state index contributed by atoms with van der Waals surface area (Å²) in [5.74, 6) is -0.396. The maximum atomic E-state index is 13.0. The summed E-state index contributed by atoms with van der Waals surface area (Å²) in [5, 5.41) is 14.9. The highest BCUT2D eigenvalue weighted by Crippen LogP contribution is 2.27. The molecule has 0 radical (unpaired) electrons. The highest BCUT2D eigenvalue weighted by molar-refractivity contribution is 5.89. The van der Waals surface area contributed by atoms with Crippen molar-refractivity contribution in [2.45, 2.75) is 37.6 Å². The summed E-state index contributed by atoms with van der Waals surface area (Å²) in [6.07, 6.45) is 4.69. The van der Waals surface area contributed by atoms with Gasteiger partial charge in [-0.25, -0.2) is 9.18 Å². The van der Waals surface area contributed by atoms with Crippen molar-refractivity contribution in [1.82, 2.24) is 5.32 Å². The van der Waals surface area contributed by atoms with Gasteiger partial charge in [0.05, 0.1) is 12.1 Å². The van der Waals surface area contributed by atoms with Crippen molar-refractivity contribution in [3.05, 3.63) is 30.1 Å². The van der Waals surface area contributed by atoms with E-state index in [1.807, 2.05) is 0 Å². The number of anilines is 1. The van der Waals surface area contributed by atoms with Crippen LogP contribution in [0.1, 0.15) is 32.1 Å². The Morgan fingerprint density at radius 1 is 1.32 bits per heavy atom. The monoisotopic (exact) mass is 266 g/mol. The third kappa shape index (κ3) is 3.67. The van der Waals surface area contributed by atoms with Gasteiger partial charge in [0.1, 0.15) is 5.82 Å². The van der Waals surface area contributed by atoms with Crippen molar-refractivity contribution in [3.8, 4) is 0 Å². The van der Waals surface area contributed by atoms with Gasteiger partial charge < -0.3 is 15.7 Å². The van der Waals surface area contributed by atoms with Gasteiger partial charge in [-0.15, -0.1) is 0 Å². The van der Waals surface area contributed by atoms with Crippen molar-refractivity contribution < 1.29 is 14.3 Å². The zero-order valence-electron chi connectivity index (χ0n) is 10.8. The summed E-state index contributed by atoms with van der Waals surface area (Å²) in [7, 11) is 0. The molecule has 1 aromatic rings. The Labute approximate surface area is 112 Å². The van der Waals surface area contributed by atoms with Gasteiger partial charge in [0, 0.05) is 5.69 Å². The number of aliphatic hydroxyl groups excluding tert-OH is 1. The number of nitrogens with one attached hydrogen (secondary N) is 2. The number of urea groups is 1. The van der Waals surface area contributed by atoms with Gasteiger partial charge in [0.15, 0.2) is 0 Å². The third-order valence-corrected chi connectivity index (χ3v) is 3.57. The molecule has 1 aliphatic carbocycles. The summed E-state index contributed by atoms with van der Waals surface area (Å²) >= 11 is 0. The Hall–Kier alpha value is -1.62. The molecule has 4 nitrogen and oxygen atoms in total. The van der Waals surface area contributed by atoms with Crippen molar-refractivity contribution in [2.75, 3.05) is 11.9 Å². The predicted octanol–water partition coefficient (Wildman–Crippen LogP) is 2.64. The van der Waals surface area contributed by atoms with Crippen LogP contribution in [0.15, 0.2) is 24.3 Å². The molecule has 0 spiro atoms. The topological polar surface area (TPSA) is 61.4 Å². The van der Waals surface area contributed by atoms with Gasteiger partial charge in [-0.1, -0.05) is 25.3 Å². The molecule has 0 unspecified atom stereocenters. The van der Waals surface area contributed by atoms with E-state index in [1.165, 1.54) is 18.2 Å². The second-order valence-corrected chi connectivity index (χ2v) is 5.09. The van der Waals surface area contributed by atoms with Crippen LogP contribution in [0.2, 0.25) is 0 Å². The van der Waals surface area contributed by atoms with Crippen molar-refractivity contribution in [3.63, 3.8) is 0 Å². The molecule has 0 bridgehead atoms. The minimum atomic E-state index is -0.532. The van der Waals surface area contributed by atoms with Crippen molar-refractivity contribution in [1.29, 1.82) is 0 Å². The quantitative estimate of drug-likeness (QED) is 0.787. The molecular weight excluding hydrogens is 247 g/mol. The first kappa shape index (κ1) is 13.8. The molecule has 0 aliphatic heterocycles. The molecule has 5 heteroatoms. The molecule has 0 heterocycles. The molecule has 0 saturated heterocycles. The summed E-state index contributed by atoms with van der Waals surface area (Å²) in [5.41, 5.74) is -0.128. The number of carbonyl (C=O) groups is 1. The molecule has 2 rings (SSSR count). The first-order valence-corrected chi connectivity index (χ1v) is 6.59. The molecule has 0 atom stereocenters. The van der Waals surface area contributed by atoms with Gasteiger partial charge in [0.2, 0.25) is 0 Å². The normalized spacial score (nSPS) is 17.8. The van der Waals surface area contributed by atoms with Crippen LogP contribution in [0.25, 0.3) is 0 Å². The molecule has 1 aliphatic rings. The summed E-state index contributed by atoms with van der Waals surface area (Å²) in [6, 6.07) is 5.33. The SMILES string of the molecule is O=C(Nc1cccc(F)c1)NC1(CO)CCCCC1. The van der Waals surface area contributed by atoms with E-state index in [1.54, 1.807) is 6.07 Å². The van der Waals surface area contributed by atoms with Crippen LogP contribution in [0, 0.1) is 5.82 Å². The van der Waals surface area contributed by atoms with Crippen molar-refractivity contribution >= 4 is 11.7 Å². The molecule has 2 amide bonds. The average Bonchev–Trinajstić information content (AvgIpc) is 2.39. The second kappa shape index (κ2) is 6.02. The Morgan fingerprint density at radius 2 is 2.05 bits per heavy atom. The molecule has 3 N–H and O–H groups in total. The number of hydrogen-bond acceptors (Lipinski definition) is 2. The standard InChI is InChI=1S/C14H19FN2O2/c15-11-5-4-6-12(9-11)16-13(19)17-14(10-18)7-2-1-3-8-14/h4-6,9,18H,1-3,7-8,10H2,(H2,16,17,19). The molecule has 19 heavy (non-hydrogen) atoms. The zero-order valence-corrected chi connectivity index (χ0v) is 10.8. The number of halogens is 1. The number of rotatable bonds is 3. The Balaban J connectivity index is 1.96. The zero-order chi connectivity index (χ0) is 13.7. The van der Waals surface area contributed by atoms with E-state index < -0.39 is 17.4 Å². The highest BCUT2D eigenvalue weighted by Gasteiger charge is 2.32. The average molecular weight is 266 g/mol. The van der Waals surface area contributed by atoms with Crippen molar-refractivity contribution in [2.24, 2.45) is 0 Å². The number of benzene rings is 1. The van der Waals surface area contributed by atoms with E-state index in [2.05, 4.69) is 10.6 Å². The second-order valence-electron chi connectivity index (χ2n) is 5.09. The summed E-state index contributed by atoms with van der Waals surface area (Å²) < 4.78 is 13.0. The van der Waals surface area contributed by atoms with Crippen LogP contribution in [0.4, 0.5) is 14.9 Å². The molecule has 104 valence electrons. The van der Waals surface area contributed by atoms with Gasteiger partial charge in [-0.3, -0.25) is 0 Å². The lowest BCUT2D eigenvalue weighted by Crippen LogP contribution is -2.53. The van der Waals surface area contributed by atoms with Crippen LogP contribution < -0.4 is 10.6 Å². The highest BCUT2D eigenvalue weighted by atomic mass is 19.1. The van der Waals surface area contributed by atoms with Gasteiger partial charge >= 0.3 is 6.03 Å². The summed E-state index contributed by atoms with van der Waals surface area (Å²) in [6.45, 7) is -0.0659. The fraction of sp³-hybridized carbons (Fsp3) is 0.500. The molecule has 1 fully saturated rings. The predicted molar refractivity (Wildman–Crippen MR) is 71.5 cm³/mol. The Morgan fingerprint density at radius 3 is 2.68 bits per heavy atom. The van der Waals surface area contributed by atoms with Gasteiger partial charge in [-0.05, 0) is 31.0 Å². The molecule has 0 aromatic heterocycles. The largest absolute Gasteiger partial charge is 0.394 e. The van der Waals surface area contributed by atoms with Gasteiger partial charge in [-0.2, -0.15) is 0 Å². The maximum absolute atomic E-state index is 13.0. The van der Waals surface area contributed by atoms with Crippen LogP contribution >= 0.6 is 0 Å². The van der Waals surface area contributed by atoms with E-state index in [9.17, 15) is 14.3 Å². The first-order chi connectivity index (χ1) is 9.13. The minimum absolute atomic E-state index is 0.0659. The van der Waals surface area contributed by atoms with Crippen LogP contribution in [0.5, 0.6) is 0 Å². The fourth-order valence-corrected chi connectivity index (χ4v) is 2.52. The van der Waals surface area contributed by atoms with Crippen LogP contribution in [-0.4, -0.2) is 23.3 Å². The molecule has 1 aromatic carbocycles. The first-order valence-electron chi connectivity index (χ1n) is 6.59. The number of hydrogen-bond donors (Lipinski definition) is 3. The fourth-order valence-electron chi connectivity index (χ4n) is 2.52. The van der Waals surface area contributed by atoms with E-state index in [0.29, 0.717) is 5.69 Å². The van der Waals surface area contributed by atoms with Crippen LogP contribution in [-0.2, 0) is 0 Å². The van der Waals surface area contributed by atoms with E-state index >= 15 is 0 Å². The van der Waals surface area contributed by atoms with E-state index in [-0.39, 0.29) is 6.61 Å². The molecular formula is C14H19FN2O2. The number of amides is 2.